The highest BCUT2D eigenvalue weighted by Crippen LogP contribution is 2.34. The molecule has 6 rings (SSSR count). The number of piperidine rings is 1. The first-order chi connectivity index (χ1) is 21.5. The van der Waals surface area contributed by atoms with Crippen molar-refractivity contribution in [1.29, 1.82) is 0 Å². The quantitative estimate of drug-likeness (QED) is 0.311. The van der Waals surface area contributed by atoms with Crippen LogP contribution in [-0.2, 0) is 37.0 Å². The minimum atomic E-state index is -4.45. The van der Waals surface area contributed by atoms with Crippen molar-refractivity contribution >= 4 is 16.9 Å². The predicted molar refractivity (Wildman–Crippen MR) is 161 cm³/mol. The third kappa shape index (κ3) is 6.16. The number of fused-ring (bicyclic) bond motifs is 2. The Morgan fingerprint density at radius 3 is 2.36 bits per heavy atom. The van der Waals surface area contributed by atoms with Crippen molar-refractivity contribution in [2.45, 2.75) is 64.1 Å². The van der Waals surface area contributed by atoms with Crippen molar-refractivity contribution in [2.75, 3.05) is 32.8 Å². The van der Waals surface area contributed by atoms with Crippen LogP contribution in [0.25, 0.3) is 22.3 Å². The number of hydrogen-bond donors (Lipinski definition) is 2. The molecule has 1 amide bonds. The molecule has 13 heteroatoms. The molecule has 0 bridgehead atoms. The van der Waals surface area contributed by atoms with Crippen LogP contribution in [0.5, 0.6) is 0 Å². The third-order valence-corrected chi connectivity index (χ3v) is 9.03. The minimum Gasteiger partial charge on any atom is -0.395 e. The van der Waals surface area contributed by atoms with E-state index in [4.69, 9.17) is 5.10 Å². The van der Waals surface area contributed by atoms with Crippen LogP contribution in [0.4, 0.5) is 13.2 Å². The fourth-order valence-corrected chi connectivity index (χ4v) is 6.78. The summed E-state index contributed by atoms with van der Waals surface area (Å²) in [5.74, 6) is -0.0876. The highest BCUT2D eigenvalue weighted by atomic mass is 19.4. The lowest BCUT2D eigenvalue weighted by atomic mass is 10.00. The zero-order valence-corrected chi connectivity index (χ0v) is 25.1. The summed E-state index contributed by atoms with van der Waals surface area (Å²) in [4.78, 5) is 29.3. The molecule has 0 radical (unpaired) electrons. The first-order valence-corrected chi connectivity index (χ1v) is 15.3. The van der Waals surface area contributed by atoms with Gasteiger partial charge in [-0.1, -0.05) is 24.3 Å². The average molecular weight is 627 g/mol. The Bertz CT molecular complexity index is 1730. The fourth-order valence-electron chi connectivity index (χ4n) is 6.78. The van der Waals surface area contributed by atoms with E-state index >= 15 is 0 Å². The number of aromatic nitrogens is 4. The van der Waals surface area contributed by atoms with E-state index in [1.165, 1.54) is 19.1 Å². The molecule has 2 aliphatic rings. The number of β-amino-alcohol motifs (C(OH)–C–C–N with tert-alkyl or cyclic N) is 1. The Morgan fingerprint density at radius 1 is 1.02 bits per heavy atom. The monoisotopic (exact) mass is 626 g/mol. The number of halogens is 3. The largest absolute Gasteiger partial charge is 0.416 e. The van der Waals surface area contributed by atoms with Gasteiger partial charge in [-0.2, -0.15) is 18.3 Å². The summed E-state index contributed by atoms with van der Waals surface area (Å²) in [5.41, 5.74) is 3.49. The highest BCUT2D eigenvalue weighted by molar-refractivity contribution is 5.76. The van der Waals surface area contributed by atoms with Crippen LogP contribution >= 0.6 is 0 Å². The number of rotatable bonds is 8. The van der Waals surface area contributed by atoms with Crippen LogP contribution < -0.4 is 5.69 Å². The predicted octanol–water partition coefficient (Wildman–Crippen LogP) is 3.28. The van der Waals surface area contributed by atoms with Gasteiger partial charge in [0.15, 0.2) is 0 Å². The van der Waals surface area contributed by atoms with Gasteiger partial charge in [-0.25, -0.2) is 4.79 Å². The number of aliphatic hydroxyl groups is 2. The summed E-state index contributed by atoms with van der Waals surface area (Å²) in [5, 5.41) is 25.4. The van der Waals surface area contributed by atoms with Crippen molar-refractivity contribution in [3.8, 4) is 11.3 Å². The molecular formula is C32H37F3N6O4. The number of carbonyl (C=O) groups excluding carboxylic acids is 1. The zero-order chi connectivity index (χ0) is 31.9. The van der Waals surface area contributed by atoms with Crippen LogP contribution in [0.3, 0.4) is 0 Å². The van der Waals surface area contributed by atoms with Gasteiger partial charge in [-0.05, 0) is 37.1 Å². The van der Waals surface area contributed by atoms with E-state index in [9.17, 15) is 33.0 Å². The van der Waals surface area contributed by atoms with E-state index in [1.807, 2.05) is 28.8 Å². The molecule has 2 aromatic heterocycles. The second-order valence-electron chi connectivity index (χ2n) is 11.9. The Morgan fingerprint density at radius 2 is 1.71 bits per heavy atom. The number of hydrogen-bond acceptors (Lipinski definition) is 6. The summed E-state index contributed by atoms with van der Waals surface area (Å²) in [6, 6.07) is 12.5. The van der Waals surface area contributed by atoms with Crippen LogP contribution in [0.2, 0.25) is 0 Å². The van der Waals surface area contributed by atoms with Crippen LogP contribution in [-0.4, -0.2) is 83.7 Å². The zero-order valence-electron chi connectivity index (χ0n) is 25.1. The lowest BCUT2D eigenvalue weighted by Crippen LogP contribution is -2.42. The first kappa shape index (κ1) is 31.1. The van der Waals surface area contributed by atoms with E-state index in [0.29, 0.717) is 50.4 Å². The van der Waals surface area contributed by atoms with Gasteiger partial charge < -0.3 is 20.0 Å². The van der Waals surface area contributed by atoms with Crippen LogP contribution in [0.1, 0.15) is 42.6 Å². The molecule has 1 unspecified atom stereocenters. The smallest absolute Gasteiger partial charge is 0.395 e. The van der Waals surface area contributed by atoms with Crippen LogP contribution in [0.15, 0.2) is 53.3 Å². The number of benzene rings is 2. The second kappa shape index (κ2) is 12.5. The Labute approximate surface area is 257 Å². The Balaban J connectivity index is 1.16. The third-order valence-electron chi connectivity index (χ3n) is 9.03. The molecule has 1 fully saturated rings. The van der Waals surface area contributed by atoms with Crippen molar-refractivity contribution in [3.63, 3.8) is 0 Å². The van der Waals surface area contributed by atoms with Crippen LogP contribution in [0, 0.1) is 0 Å². The van der Waals surface area contributed by atoms with Gasteiger partial charge in [0, 0.05) is 68.9 Å². The number of aliphatic hydroxyl groups excluding tert-OH is 2. The summed E-state index contributed by atoms with van der Waals surface area (Å²) in [7, 11) is 0. The summed E-state index contributed by atoms with van der Waals surface area (Å²) in [6.45, 7) is 4.40. The van der Waals surface area contributed by atoms with Crippen molar-refractivity contribution in [1.82, 2.24) is 28.7 Å². The molecule has 10 nitrogen and oxygen atoms in total. The van der Waals surface area contributed by atoms with Gasteiger partial charge in [0.25, 0.3) is 0 Å². The molecule has 2 aromatic carbocycles. The fraction of sp³-hybridized carbons (Fsp3) is 0.469. The first-order valence-electron chi connectivity index (χ1n) is 15.3. The summed E-state index contributed by atoms with van der Waals surface area (Å²) < 4.78 is 44.7. The molecule has 2 N–H and O–H groups in total. The molecule has 4 heterocycles. The molecule has 0 aliphatic carbocycles. The maximum absolute atomic E-state index is 13.3. The van der Waals surface area contributed by atoms with Gasteiger partial charge in [0.05, 0.1) is 48.1 Å². The molecular weight excluding hydrogens is 589 g/mol. The molecule has 2 aliphatic heterocycles. The molecule has 45 heavy (non-hydrogen) atoms. The van der Waals surface area contributed by atoms with Crippen molar-refractivity contribution in [3.05, 3.63) is 75.8 Å². The summed E-state index contributed by atoms with van der Waals surface area (Å²) >= 11 is 0. The minimum absolute atomic E-state index is 0.00406. The SMILES string of the molecule is CC(=O)N1CCc2c(c(-c3ccc(C(F)(F)F)cc3)nn2CC(O)CN2CCC(n3c(=O)n(CCO)c4ccccc43)CC2)C1. The van der Waals surface area contributed by atoms with Gasteiger partial charge in [-0.15, -0.1) is 0 Å². The topological polar surface area (TPSA) is 109 Å². The molecule has 0 spiro atoms. The Hall–Kier alpha value is -3.94. The van der Waals surface area contributed by atoms with Crippen molar-refractivity contribution in [2.24, 2.45) is 0 Å². The molecule has 4 aromatic rings. The average Bonchev–Trinajstić information content (AvgIpc) is 3.51. The number of para-hydroxylation sites is 2. The maximum Gasteiger partial charge on any atom is 0.416 e. The van der Waals surface area contributed by atoms with Gasteiger partial charge in [0.1, 0.15) is 0 Å². The number of likely N-dealkylation sites (tertiary alicyclic amines) is 1. The number of carbonyl (C=O) groups is 1. The maximum atomic E-state index is 13.3. The number of nitrogens with zero attached hydrogens (tertiary/aromatic N) is 6. The number of amides is 1. The van der Waals surface area contributed by atoms with Crippen molar-refractivity contribution < 1.29 is 28.2 Å². The molecule has 240 valence electrons. The van der Waals surface area contributed by atoms with Gasteiger partial charge in [0.2, 0.25) is 5.91 Å². The Kier molecular flexibility index (Phi) is 8.59. The van der Waals surface area contributed by atoms with E-state index in [-0.39, 0.29) is 37.3 Å². The normalized spacial score (nSPS) is 17.2. The number of imidazole rings is 1. The second-order valence-corrected chi connectivity index (χ2v) is 11.9. The molecule has 0 saturated carbocycles. The highest BCUT2D eigenvalue weighted by Gasteiger charge is 2.32. The lowest BCUT2D eigenvalue weighted by Gasteiger charge is -2.33. The van der Waals surface area contributed by atoms with E-state index < -0.39 is 17.8 Å². The summed E-state index contributed by atoms with van der Waals surface area (Å²) in [6.07, 6.45) is -3.22. The van der Waals surface area contributed by atoms with Gasteiger partial charge >= 0.3 is 11.9 Å². The molecule has 1 atom stereocenters. The van der Waals surface area contributed by atoms with E-state index in [2.05, 4.69) is 4.90 Å². The standard InChI is InChI=1S/C32H37F3N6O4/c1-21(43)38-15-12-27-26(20-38)30(22-6-8-23(9-7-22)32(33,34)35)36-40(27)19-25(44)18-37-13-10-24(11-14-37)41-29-5-3-2-4-28(29)39(16-17-42)31(41)45/h2-9,24-25,42,44H,10-20H2,1H3. The van der Waals surface area contributed by atoms with E-state index in [0.717, 1.165) is 47.3 Å². The lowest BCUT2D eigenvalue weighted by molar-refractivity contribution is -0.137. The number of alkyl halides is 3. The van der Waals surface area contributed by atoms with Gasteiger partial charge in [-0.3, -0.25) is 18.6 Å². The van der Waals surface area contributed by atoms with E-state index in [1.54, 1.807) is 14.1 Å². The molecule has 1 saturated heterocycles.